The van der Waals surface area contributed by atoms with Gasteiger partial charge in [-0.25, -0.2) is 4.39 Å². The minimum Gasteiger partial charge on any atom is -0.355 e. The molecule has 0 radical (unpaired) electrons. The maximum Gasteiger partial charge on any atom is 0.263 e. The number of halogens is 2. The van der Waals surface area contributed by atoms with Gasteiger partial charge in [-0.2, -0.15) is 10.1 Å². The van der Waals surface area contributed by atoms with Crippen LogP contribution in [0.15, 0.2) is 29.2 Å². The first-order valence-corrected chi connectivity index (χ1v) is 7.78. The molecular formula is C16H17ClFN5O. The monoisotopic (exact) mass is 349 g/mol. The van der Waals surface area contributed by atoms with Crippen LogP contribution in [0.5, 0.6) is 0 Å². The Kier molecular flexibility index (Phi) is 4.04. The molecule has 3 aromatic rings. The van der Waals surface area contributed by atoms with Crippen molar-refractivity contribution in [3.05, 3.63) is 51.2 Å². The van der Waals surface area contributed by atoms with Crippen molar-refractivity contribution in [3.63, 3.8) is 0 Å². The van der Waals surface area contributed by atoms with E-state index in [9.17, 15) is 9.18 Å². The number of hydrogen-bond donors (Lipinski definition) is 2. The second kappa shape index (κ2) is 5.90. The van der Waals surface area contributed by atoms with Crippen molar-refractivity contribution in [1.82, 2.24) is 19.7 Å². The number of rotatable bonds is 4. The number of aromatic nitrogens is 4. The smallest absolute Gasteiger partial charge is 0.263 e. The molecule has 0 saturated carbocycles. The van der Waals surface area contributed by atoms with Gasteiger partial charge in [-0.3, -0.25) is 14.5 Å². The quantitative estimate of drug-likeness (QED) is 0.759. The molecule has 0 spiro atoms. The highest BCUT2D eigenvalue weighted by molar-refractivity contribution is 6.30. The molecule has 0 aliphatic carbocycles. The van der Waals surface area contributed by atoms with Crippen LogP contribution in [-0.4, -0.2) is 26.3 Å². The van der Waals surface area contributed by atoms with Gasteiger partial charge in [0.2, 0.25) is 5.95 Å². The van der Waals surface area contributed by atoms with E-state index >= 15 is 0 Å². The third-order valence-corrected chi connectivity index (χ3v) is 4.27. The molecule has 0 bridgehead atoms. The molecule has 2 aromatic heterocycles. The number of nitrogens with one attached hydrogen (secondary N) is 2. The predicted molar refractivity (Wildman–Crippen MR) is 92.1 cm³/mol. The first-order valence-electron chi connectivity index (χ1n) is 7.40. The summed E-state index contributed by atoms with van der Waals surface area (Å²) in [5, 5.41) is 7.59. The second-order valence-corrected chi connectivity index (χ2v) is 6.67. The first-order chi connectivity index (χ1) is 11.3. The summed E-state index contributed by atoms with van der Waals surface area (Å²) in [5.74, 6) is -0.124. The zero-order valence-electron chi connectivity index (χ0n) is 13.5. The van der Waals surface area contributed by atoms with Crippen LogP contribution in [0.1, 0.15) is 19.4 Å². The summed E-state index contributed by atoms with van der Waals surface area (Å²) >= 11 is 5.86. The van der Waals surface area contributed by atoms with E-state index in [-0.39, 0.29) is 10.6 Å². The third kappa shape index (κ3) is 2.87. The largest absolute Gasteiger partial charge is 0.355 e. The Labute approximate surface area is 142 Å². The van der Waals surface area contributed by atoms with Crippen LogP contribution < -0.4 is 10.9 Å². The van der Waals surface area contributed by atoms with E-state index < -0.39 is 11.2 Å². The van der Waals surface area contributed by atoms with Crippen LogP contribution in [0.25, 0.3) is 11.0 Å². The summed E-state index contributed by atoms with van der Waals surface area (Å²) in [6.45, 7) is 4.13. The molecule has 126 valence electrons. The molecule has 0 aliphatic heterocycles. The summed E-state index contributed by atoms with van der Waals surface area (Å²) in [7, 11) is 1.71. The molecule has 0 unspecified atom stereocenters. The predicted octanol–water partition coefficient (Wildman–Crippen LogP) is 2.84. The highest BCUT2D eigenvalue weighted by Crippen LogP contribution is 2.29. The summed E-state index contributed by atoms with van der Waals surface area (Å²) in [6, 6.07) is 4.92. The van der Waals surface area contributed by atoms with Gasteiger partial charge >= 0.3 is 0 Å². The maximum atomic E-state index is 14.3. The number of H-pyrrole nitrogens is 1. The molecule has 0 atom stereocenters. The molecule has 3 rings (SSSR count). The Morgan fingerprint density at radius 2 is 2.17 bits per heavy atom. The van der Waals surface area contributed by atoms with Crippen LogP contribution in [0.4, 0.5) is 10.3 Å². The Morgan fingerprint density at radius 3 is 2.92 bits per heavy atom. The van der Waals surface area contributed by atoms with Crippen LogP contribution in [-0.2, 0) is 12.5 Å². The van der Waals surface area contributed by atoms with Crippen LogP contribution in [0, 0.1) is 5.82 Å². The lowest BCUT2D eigenvalue weighted by Crippen LogP contribution is -2.30. The van der Waals surface area contributed by atoms with Crippen molar-refractivity contribution in [3.8, 4) is 0 Å². The van der Waals surface area contributed by atoms with E-state index in [1.54, 1.807) is 19.2 Å². The fraction of sp³-hybridized carbons (Fsp3) is 0.312. The molecule has 0 saturated heterocycles. The van der Waals surface area contributed by atoms with E-state index in [0.29, 0.717) is 29.1 Å². The van der Waals surface area contributed by atoms with Gasteiger partial charge in [0.15, 0.2) is 5.65 Å². The number of benzene rings is 1. The Hall–Kier alpha value is -2.41. The normalized spacial score (nSPS) is 11.9. The van der Waals surface area contributed by atoms with E-state index in [2.05, 4.69) is 20.4 Å². The summed E-state index contributed by atoms with van der Waals surface area (Å²) in [6.07, 6.45) is 1.47. The second-order valence-electron chi connectivity index (χ2n) is 6.26. The molecule has 8 heteroatoms. The van der Waals surface area contributed by atoms with Crippen molar-refractivity contribution in [2.45, 2.75) is 19.3 Å². The van der Waals surface area contributed by atoms with E-state index in [0.717, 1.165) is 0 Å². The summed E-state index contributed by atoms with van der Waals surface area (Å²) in [5.41, 5.74) is 0.136. The third-order valence-electron chi connectivity index (χ3n) is 3.98. The van der Waals surface area contributed by atoms with Crippen molar-refractivity contribution in [2.24, 2.45) is 7.05 Å². The fourth-order valence-corrected chi connectivity index (χ4v) is 2.72. The van der Waals surface area contributed by atoms with Crippen molar-refractivity contribution < 1.29 is 4.39 Å². The Morgan fingerprint density at radius 1 is 1.42 bits per heavy atom. The maximum absolute atomic E-state index is 14.3. The van der Waals surface area contributed by atoms with Crippen molar-refractivity contribution in [2.75, 3.05) is 11.9 Å². The van der Waals surface area contributed by atoms with Crippen LogP contribution >= 0.6 is 11.6 Å². The molecule has 6 nitrogen and oxygen atoms in total. The lowest BCUT2D eigenvalue weighted by molar-refractivity contribution is 0.503. The van der Waals surface area contributed by atoms with Crippen molar-refractivity contribution in [1.29, 1.82) is 0 Å². The molecule has 1 aromatic carbocycles. The van der Waals surface area contributed by atoms with Gasteiger partial charge in [0.05, 0.1) is 11.2 Å². The Balaban J connectivity index is 1.88. The number of fused-ring (bicyclic) bond motifs is 1. The van der Waals surface area contributed by atoms with E-state index in [4.69, 9.17) is 11.6 Å². The van der Waals surface area contributed by atoms with Gasteiger partial charge in [-0.15, -0.1) is 0 Å². The van der Waals surface area contributed by atoms with Gasteiger partial charge < -0.3 is 5.32 Å². The summed E-state index contributed by atoms with van der Waals surface area (Å²) in [4.78, 5) is 19.0. The lowest BCUT2D eigenvalue weighted by Gasteiger charge is -2.26. The summed E-state index contributed by atoms with van der Waals surface area (Å²) < 4.78 is 15.8. The van der Waals surface area contributed by atoms with Gasteiger partial charge in [0, 0.05) is 19.0 Å². The van der Waals surface area contributed by atoms with Gasteiger partial charge in [-0.1, -0.05) is 37.6 Å². The molecule has 24 heavy (non-hydrogen) atoms. The van der Waals surface area contributed by atoms with E-state index in [1.807, 2.05) is 13.8 Å². The molecule has 0 fully saturated rings. The van der Waals surface area contributed by atoms with Gasteiger partial charge in [0.1, 0.15) is 11.2 Å². The average molecular weight is 350 g/mol. The molecule has 0 aliphatic rings. The molecule has 2 N–H and O–H groups in total. The number of aromatic amines is 1. The fourth-order valence-electron chi connectivity index (χ4n) is 2.54. The van der Waals surface area contributed by atoms with Gasteiger partial charge in [0.25, 0.3) is 5.56 Å². The average Bonchev–Trinajstić information content (AvgIpc) is 2.90. The van der Waals surface area contributed by atoms with E-state index in [1.165, 1.54) is 16.9 Å². The van der Waals surface area contributed by atoms with Crippen LogP contribution in [0.2, 0.25) is 5.02 Å². The first kappa shape index (κ1) is 16.4. The van der Waals surface area contributed by atoms with Gasteiger partial charge in [-0.05, 0) is 11.6 Å². The topological polar surface area (TPSA) is 75.6 Å². The standard InChI is InChI=1S/C16H17ClFN5O/c1-16(2,10-5-4-6-11(17)12(10)18)8-19-15-21-13-9(14(24)22-15)7-20-23(13)3/h4-7H,8H2,1-3H3,(H2,19,21,22,24). The minimum atomic E-state index is -0.561. The highest BCUT2D eigenvalue weighted by atomic mass is 35.5. The SMILES string of the molecule is Cn1ncc2c(=O)[nH]c(NCC(C)(C)c3cccc(Cl)c3F)nc21. The minimum absolute atomic E-state index is 0.0865. The Bertz CT molecular complexity index is 963. The number of anilines is 1. The number of aryl methyl sites for hydroxylation is 1. The molecule has 0 amide bonds. The zero-order chi connectivity index (χ0) is 17.5. The zero-order valence-corrected chi connectivity index (χ0v) is 14.3. The number of hydrogen-bond acceptors (Lipinski definition) is 4. The number of nitrogens with zero attached hydrogens (tertiary/aromatic N) is 3. The molecular weight excluding hydrogens is 333 g/mol. The molecule has 2 heterocycles. The van der Waals surface area contributed by atoms with Crippen molar-refractivity contribution >= 4 is 28.6 Å². The van der Waals surface area contributed by atoms with Crippen LogP contribution in [0.3, 0.4) is 0 Å². The highest BCUT2D eigenvalue weighted by Gasteiger charge is 2.25. The lowest BCUT2D eigenvalue weighted by atomic mass is 9.84.